The molecule has 2 heteroatoms. The van der Waals surface area contributed by atoms with Gasteiger partial charge in [0.1, 0.15) is 6.54 Å². The van der Waals surface area contributed by atoms with Crippen molar-refractivity contribution in [3.8, 4) is 0 Å². The van der Waals surface area contributed by atoms with Crippen LogP contribution >= 0.6 is 0 Å². The van der Waals surface area contributed by atoms with Gasteiger partial charge in [-0.05, 0) is 6.42 Å². The van der Waals surface area contributed by atoms with Crippen LogP contribution in [-0.4, -0.2) is 32.2 Å². The average Bonchev–Trinajstić information content (AvgIpc) is 2.48. The summed E-state index contributed by atoms with van der Waals surface area (Å²) in [5.41, 5.74) is 1.50. The van der Waals surface area contributed by atoms with Crippen LogP contribution in [0.25, 0.3) is 0 Å². The van der Waals surface area contributed by atoms with E-state index in [1.165, 1.54) is 57.5 Å². The summed E-state index contributed by atoms with van der Waals surface area (Å²) in [6, 6.07) is 11.9. The van der Waals surface area contributed by atoms with Gasteiger partial charge in [-0.1, -0.05) is 44.2 Å². The maximum absolute atomic E-state index is 2.45. The first kappa shape index (κ1) is 15.1. The third-order valence-corrected chi connectivity index (χ3v) is 5.59. The Bertz CT molecular complexity index is 412. The molecule has 2 nitrogen and oxygen atoms in total. The van der Waals surface area contributed by atoms with Crippen molar-refractivity contribution in [2.75, 3.05) is 26.2 Å². The molecule has 0 aliphatic carbocycles. The summed E-state index contributed by atoms with van der Waals surface area (Å²) in [5, 5.41) is 0. The molecule has 21 heavy (non-hydrogen) atoms. The Kier molecular flexibility index (Phi) is 4.97. The molecule has 0 saturated carbocycles. The van der Waals surface area contributed by atoms with E-state index in [1.807, 2.05) is 4.90 Å². The van der Waals surface area contributed by atoms with Crippen LogP contribution in [0.4, 0.5) is 0 Å². The van der Waals surface area contributed by atoms with Crippen molar-refractivity contribution in [1.29, 1.82) is 0 Å². The third kappa shape index (κ3) is 4.08. The Balaban J connectivity index is 1.48. The molecule has 116 valence electrons. The summed E-state index contributed by atoms with van der Waals surface area (Å²) < 4.78 is 0. The molecule has 1 aromatic carbocycles. The fraction of sp³-hybridized carbons (Fsp3) is 0.684. The summed E-state index contributed by atoms with van der Waals surface area (Å²) >= 11 is 0. The van der Waals surface area contributed by atoms with E-state index >= 15 is 0 Å². The van der Waals surface area contributed by atoms with Gasteiger partial charge in [-0.25, -0.2) is 0 Å². The summed E-state index contributed by atoms with van der Waals surface area (Å²) in [4.78, 5) is 3.70. The molecule has 2 heterocycles. The molecular formula is C19H32N2+2. The fourth-order valence-corrected chi connectivity index (χ4v) is 4.66. The Labute approximate surface area is 130 Å². The second-order valence-electron chi connectivity index (χ2n) is 7.70. The van der Waals surface area contributed by atoms with E-state index in [1.54, 1.807) is 4.90 Å². The summed E-state index contributed by atoms with van der Waals surface area (Å²) in [7, 11) is 0. The zero-order chi connectivity index (χ0) is 14.7. The number of rotatable bonds is 3. The minimum absolute atomic E-state index is 0.929. The Morgan fingerprint density at radius 3 is 2.19 bits per heavy atom. The second kappa shape index (κ2) is 6.93. The van der Waals surface area contributed by atoms with Gasteiger partial charge in [-0.2, -0.15) is 0 Å². The lowest BCUT2D eigenvalue weighted by atomic mass is 9.89. The molecular weight excluding hydrogens is 256 g/mol. The first-order chi connectivity index (χ1) is 10.2. The molecule has 2 atom stereocenters. The van der Waals surface area contributed by atoms with E-state index in [9.17, 15) is 0 Å². The molecule has 2 fully saturated rings. The number of nitrogens with one attached hydrogen (secondary N) is 2. The number of hydrogen-bond donors (Lipinski definition) is 2. The Morgan fingerprint density at radius 2 is 1.57 bits per heavy atom. The van der Waals surface area contributed by atoms with Gasteiger partial charge in [0.2, 0.25) is 0 Å². The van der Waals surface area contributed by atoms with Crippen LogP contribution in [0.3, 0.4) is 0 Å². The molecule has 3 rings (SSSR count). The van der Waals surface area contributed by atoms with Gasteiger partial charge in [0.25, 0.3) is 0 Å². The van der Waals surface area contributed by atoms with Gasteiger partial charge >= 0.3 is 0 Å². The van der Waals surface area contributed by atoms with Gasteiger partial charge in [0, 0.05) is 30.2 Å². The molecule has 0 amide bonds. The van der Waals surface area contributed by atoms with Crippen LogP contribution in [0.1, 0.15) is 38.7 Å². The highest BCUT2D eigenvalue weighted by atomic mass is 15.2. The SMILES string of the molecule is CC1CC(C)C[NH+](C2CC[NH+](Cc3ccccc3)CC2)C1. The predicted octanol–water partition coefficient (Wildman–Crippen LogP) is 0.795. The Hall–Kier alpha value is -0.860. The fourth-order valence-electron chi connectivity index (χ4n) is 4.66. The van der Waals surface area contributed by atoms with Gasteiger partial charge in [-0.3, -0.25) is 0 Å². The zero-order valence-electron chi connectivity index (χ0n) is 13.8. The van der Waals surface area contributed by atoms with Crippen LogP contribution in [0.15, 0.2) is 30.3 Å². The third-order valence-electron chi connectivity index (χ3n) is 5.59. The molecule has 2 aliphatic rings. The molecule has 0 spiro atoms. The number of quaternary nitrogens is 2. The van der Waals surface area contributed by atoms with Gasteiger partial charge in [0.05, 0.1) is 32.2 Å². The first-order valence-corrected chi connectivity index (χ1v) is 8.92. The summed E-state index contributed by atoms with van der Waals surface area (Å²) in [6.45, 7) is 11.7. The van der Waals surface area contributed by atoms with Crippen molar-refractivity contribution >= 4 is 0 Å². The molecule has 2 aliphatic heterocycles. The van der Waals surface area contributed by atoms with Gasteiger partial charge in [0.15, 0.2) is 0 Å². The molecule has 0 aromatic heterocycles. The molecule has 2 N–H and O–H groups in total. The monoisotopic (exact) mass is 288 g/mol. The quantitative estimate of drug-likeness (QED) is 0.814. The first-order valence-electron chi connectivity index (χ1n) is 8.92. The van der Waals surface area contributed by atoms with Crippen molar-refractivity contribution in [2.45, 2.75) is 45.7 Å². The maximum Gasteiger partial charge on any atom is 0.103 e. The molecule has 0 radical (unpaired) electrons. The molecule has 2 unspecified atom stereocenters. The van der Waals surface area contributed by atoms with Crippen molar-refractivity contribution in [3.05, 3.63) is 35.9 Å². The number of piperidine rings is 2. The topological polar surface area (TPSA) is 8.88 Å². The second-order valence-corrected chi connectivity index (χ2v) is 7.70. The van der Waals surface area contributed by atoms with Crippen molar-refractivity contribution in [3.63, 3.8) is 0 Å². The van der Waals surface area contributed by atoms with Crippen molar-refractivity contribution in [1.82, 2.24) is 0 Å². The van der Waals surface area contributed by atoms with Crippen molar-refractivity contribution < 1.29 is 9.80 Å². The van der Waals surface area contributed by atoms with Crippen LogP contribution in [0.2, 0.25) is 0 Å². The van der Waals surface area contributed by atoms with E-state index in [0.29, 0.717) is 0 Å². The Morgan fingerprint density at radius 1 is 0.952 bits per heavy atom. The van der Waals surface area contributed by atoms with Gasteiger partial charge in [-0.15, -0.1) is 0 Å². The molecule has 2 saturated heterocycles. The van der Waals surface area contributed by atoms with Crippen LogP contribution in [-0.2, 0) is 6.54 Å². The minimum Gasteiger partial charge on any atom is -0.332 e. The smallest absolute Gasteiger partial charge is 0.103 e. The van der Waals surface area contributed by atoms with E-state index in [-0.39, 0.29) is 0 Å². The summed E-state index contributed by atoms with van der Waals surface area (Å²) in [6.07, 6.45) is 4.30. The van der Waals surface area contributed by atoms with E-state index in [2.05, 4.69) is 44.2 Å². The van der Waals surface area contributed by atoms with Crippen LogP contribution in [0.5, 0.6) is 0 Å². The molecule has 1 aromatic rings. The van der Waals surface area contributed by atoms with E-state index in [4.69, 9.17) is 0 Å². The largest absolute Gasteiger partial charge is 0.332 e. The van der Waals surface area contributed by atoms with E-state index in [0.717, 1.165) is 17.9 Å². The predicted molar refractivity (Wildman–Crippen MR) is 87.5 cm³/mol. The molecule has 0 bridgehead atoms. The highest BCUT2D eigenvalue weighted by Gasteiger charge is 2.34. The highest BCUT2D eigenvalue weighted by Crippen LogP contribution is 2.13. The van der Waals surface area contributed by atoms with Gasteiger partial charge < -0.3 is 9.80 Å². The lowest BCUT2D eigenvalue weighted by molar-refractivity contribution is -0.969. The van der Waals surface area contributed by atoms with Crippen LogP contribution in [0, 0.1) is 11.8 Å². The zero-order valence-corrected chi connectivity index (χ0v) is 13.8. The van der Waals surface area contributed by atoms with Crippen molar-refractivity contribution in [2.24, 2.45) is 11.8 Å². The lowest BCUT2D eigenvalue weighted by Crippen LogP contribution is -3.21. The lowest BCUT2D eigenvalue weighted by Gasteiger charge is -2.39. The minimum atomic E-state index is 0.929. The number of benzene rings is 1. The number of likely N-dealkylation sites (tertiary alicyclic amines) is 2. The normalized spacial score (nSPS) is 37.3. The maximum atomic E-state index is 2.45. The number of hydrogen-bond acceptors (Lipinski definition) is 0. The van der Waals surface area contributed by atoms with Crippen LogP contribution < -0.4 is 9.80 Å². The summed E-state index contributed by atoms with van der Waals surface area (Å²) in [5.74, 6) is 1.86. The highest BCUT2D eigenvalue weighted by molar-refractivity contribution is 5.13. The van der Waals surface area contributed by atoms with E-state index < -0.39 is 0 Å². The standard InChI is InChI=1S/C19H30N2/c1-16-12-17(2)14-21(13-16)19-8-10-20(11-9-19)15-18-6-4-3-5-7-18/h3-7,16-17,19H,8-15H2,1-2H3/p+2. The average molecular weight is 288 g/mol.